The zero-order valence-electron chi connectivity index (χ0n) is 19.5. The fourth-order valence-electron chi connectivity index (χ4n) is 5.06. The third-order valence-corrected chi connectivity index (χ3v) is 7.21. The van der Waals surface area contributed by atoms with Crippen LogP contribution in [-0.2, 0) is 5.54 Å². The fourth-order valence-corrected chi connectivity index (χ4v) is 5.06. The van der Waals surface area contributed by atoms with E-state index in [1.807, 2.05) is 34.7 Å². The van der Waals surface area contributed by atoms with Gasteiger partial charge in [-0.15, -0.1) is 10.2 Å². The molecular weight excluding hydrogens is 446 g/mol. The Balaban J connectivity index is 1.47. The molecule has 0 radical (unpaired) electrons. The topological polar surface area (TPSA) is 94.9 Å². The maximum atomic E-state index is 6.57. The molecular formula is C29H23N7. The van der Waals surface area contributed by atoms with E-state index < -0.39 is 0 Å². The number of rotatable bonds is 4. The lowest BCUT2D eigenvalue weighted by molar-refractivity contribution is 0.253. The summed E-state index contributed by atoms with van der Waals surface area (Å²) in [6.07, 6.45) is 8.28. The number of nitrogens with two attached hydrogens (primary N) is 1. The summed E-state index contributed by atoms with van der Waals surface area (Å²) in [5.41, 5.74) is 14.8. The van der Waals surface area contributed by atoms with Gasteiger partial charge < -0.3 is 5.73 Å². The van der Waals surface area contributed by atoms with Crippen molar-refractivity contribution < 1.29 is 0 Å². The molecule has 1 saturated carbocycles. The van der Waals surface area contributed by atoms with Crippen LogP contribution in [0.1, 0.15) is 24.8 Å². The summed E-state index contributed by atoms with van der Waals surface area (Å²) in [7, 11) is 0. The van der Waals surface area contributed by atoms with Gasteiger partial charge in [-0.1, -0.05) is 54.6 Å². The summed E-state index contributed by atoms with van der Waals surface area (Å²) >= 11 is 0. The smallest absolute Gasteiger partial charge is 0.189 e. The summed E-state index contributed by atoms with van der Waals surface area (Å²) in [4.78, 5) is 13.8. The summed E-state index contributed by atoms with van der Waals surface area (Å²) in [5, 5.41) is 8.80. The van der Waals surface area contributed by atoms with E-state index in [1.165, 1.54) is 12.0 Å². The van der Waals surface area contributed by atoms with Gasteiger partial charge in [0.2, 0.25) is 0 Å². The lowest BCUT2D eigenvalue weighted by Gasteiger charge is -2.38. The minimum Gasteiger partial charge on any atom is -0.321 e. The van der Waals surface area contributed by atoms with Crippen LogP contribution in [0.15, 0.2) is 91.4 Å². The monoisotopic (exact) mass is 469 g/mol. The summed E-state index contributed by atoms with van der Waals surface area (Å²) < 4.78 is 2.00. The maximum absolute atomic E-state index is 6.57. The number of hydrogen-bond donors (Lipinski definition) is 1. The van der Waals surface area contributed by atoms with Gasteiger partial charge >= 0.3 is 0 Å². The largest absolute Gasteiger partial charge is 0.321 e. The Hall–Kier alpha value is -4.49. The number of pyridine rings is 2. The normalized spacial score (nSPS) is 14.7. The first-order valence-corrected chi connectivity index (χ1v) is 12.1. The second kappa shape index (κ2) is 8.03. The molecule has 1 aliphatic carbocycles. The van der Waals surface area contributed by atoms with E-state index >= 15 is 0 Å². The highest BCUT2D eigenvalue weighted by Gasteiger charge is 2.34. The van der Waals surface area contributed by atoms with Crippen molar-refractivity contribution in [1.82, 2.24) is 29.5 Å². The average Bonchev–Trinajstić information content (AvgIpc) is 3.37. The zero-order chi connectivity index (χ0) is 24.1. The Morgan fingerprint density at radius 1 is 0.833 bits per heavy atom. The number of fused-ring (bicyclic) bond motifs is 3. The third kappa shape index (κ3) is 3.28. The molecule has 6 aromatic rings. The van der Waals surface area contributed by atoms with Crippen LogP contribution in [0.2, 0.25) is 0 Å². The van der Waals surface area contributed by atoms with E-state index in [2.05, 4.69) is 62.6 Å². The van der Waals surface area contributed by atoms with Crippen LogP contribution in [0.5, 0.6) is 0 Å². The molecule has 1 fully saturated rings. The van der Waals surface area contributed by atoms with Crippen molar-refractivity contribution in [3.63, 3.8) is 0 Å². The Labute approximate surface area is 207 Å². The van der Waals surface area contributed by atoms with Crippen molar-refractivity contribution in [2.24, 2.45) is 5.73 Å². The first-order valence-electron chi connectivity index (χ1n) is 12.1. The predicted molar refractivity (Wildman–Crippen MR) is 140 cm³/mol. The van der Waals surface area contributed by atoms with E-state index in [0.29, 0.717) is 11.5 Å². The Kier molecular flexibility index (Phi) is 4.65. The van der Waals surface area contributed by atoms with Crippen LogP contribution in [-0.4, -0.2) is 29.5 Å². The molecule has 174 valence electrons. The first-order chi connectivity index (χ1) is 17.7. The molecule has 0 aliphatic heterocycles. The third-order valence-electron chi connectivity index (χ3n) is 7.21. The van der Waals surface area contributed by atoms with E-state index in [0.717, 1.165) is 51.9 Å². The number of benzene rings is 2. The van der Waals surface area contributed by atoms with Gasteiger partial charge in [0, 0.05) is 29.1 Å². The molecule has 36 heavy (non-hydrogen) atoms. The molecule has 0 saturated heterocycles. The van der Waals surface area contributed by atoms with Gasteiger partial charge in [-0.05, 0) is 48.6 Å². The van der Waals surface area contributed by atoms with E-state index in [9.17, 15) is 0 Å². The molecule has 1 aliphatic rings. The Morgan fingerprint density at radius 2 is 1.67 bits per heavy atom. The molecule has 0 unspecified atom stereocenters. The first kappa shape index (κ1) is 20.8. The molecule has 7 rings (SSSR count). The number of aromatic nitrogens is 6. The van der Waals surface area contributed by atoms with E-state index in [-0.39, 0.29) is 5.54 Å². The summed E-state index contributed by atoms with van der Waals surface area (Å²) in [5.74, 6) is 0.635. The second-order valence-corrected chi connectivity index (χ2v) is 9.38. The van der Waals surface area contributed by atoms with Crippen LogP contribution in [0.25, 0.3) is 50.6 Å². The van der Waals surface area contributed by atoms with Crippen LogP contribution in [0, 0.1) is 0 Å². The van der Waals surface area contributed by atoms with Gasteiger partial charge in [0.1, 0.15) is 5.69 Å². The van der Waals surface area contributed by atoms with Crippen LogP contribution in [0.3, 0.4) is 0 Å². The zero-order valence-corrected chi connectivity index (χ0v) is 19.5. The average molecular weight is 470 g/mol. The standard InChI is InChI=1S/C29H23N7/c30-29(13-4-14-29)21-9-7-20(8-10-21)27-22(19-5-2-1-3-6-19)17-25-23(33-27)11-12-26-34-35-28(36(25)26)24-18-31-15-16-32-24/h1-3,5-12,15-18H,4,13-14,30H2. The molecule has 4 heterocycles. The summed E-state index contributed by atoms with van der Waals surface area (Å²) in [6.45, 7) is 0. The van der Waals surface area contributed by atoms with Gasteiger partial charge in [-0.25, -0.2) is 9.97 Å². The van der Waals surface area contributed by atoms with Gasteiger partial charge in [0.05, 0.1) is 22.9 Å². The van der Waals surface area contributed by atoms with Crippen molar-refractivity contribution in [2.45, 2.75) is 24.8 Å². The van der Waals surface area contributed by atoms with Crippen LogP contribution in [0.4, 0.5) is 0 Å². The molecule has 0 bridgehead atoms. The fraction of sp³-hybridized carbons (Fsp3) is 0.138. The number of nitrogens with zero attached hydrogens (tertiary/aromatic N) is 6. The molecule has 0 amide bonds. The van der Waals surface area contributed by atoms with Crippen molar-refractivity contribution >= 4 is 16.7 Å². The minimum absolute atomic E-state index is 0.186. The van der Waals surface area contributed by atoms with E-state index in [4.69, 9.17) is 10.7 Å². The quantitative estimate of drug-likeness (QED) is 0.371. The van der Waals surface area contributed by atoms with Gasteiger partial charge in [-0.2, -0.15) is 0 Å². The van der Waals surface area contributed by atoms with Crippen LogP contribution < -0.4 is 5.73 Å². The van der Waals surface area contributed by atoms with Gasteiger partial charge in [0.25, 0.3) is 0 Å². The van der Waals surface area contributed by atoms with Crippen LogP contribution >= 0.6 is 0 Å². The highest BCUT2D eigenvalue weighted by molar-refractivity contribution is 5.91. The molecule has 2 N–H and O–H groups in total. The molecule has 7 nitrogen and oxygen atoms in total. The predicted octanol–water partition coefficient (Wildman–Crippen LogP) is 5.41. The minimum atomic E-state index is -0.186. The highest BCUT2D eigenvalue weighted by atomic mass is 15.3. The maximum Gasteiger partial charge on any atom is 0.189 e. The van der Waals surface area contributed by atoms with E-state index in [1.54, 1.807) is 18.6 Å². The van der Waals surface area contributed by atoms with Gasteiger partial charge in [-0.3, -0.25) is 9.38 Å². The lowest BCUT2D eigenvalue weighted by Crippen LogP contribution is -2.43. The molecule has 7 heteroatoms. The lowest BCUT2D eigenvalue weighted by atomic mass is 9.72. The van der Waals surface area contributed by atoms with Crippen molar-refractivity contribution in [2.75, 3.05) is 0 Å². The Morgan fingerprint density at radius 3 is 2.39 bits per heavy atom. The molecule has 2 aromatic carbocycles. The van der Waals surface area contributed by atoms with Crippen molar-refractivity contribution in [3.8, 4) is 33.9 Å². The molecule has 4 aromatic heterocycles. The highest BCUT2D eigenvalue weighted by Crippen LogP contribution is 2.40. The second-order valence-electron chi connectivity index (χ2n) is 9.38. The van der Waals surface area contributed by atoms with Gasteiger partial charge in [0.15, 0.2) is 11.5 Å². The van der Waals surface area contributed by atoms with Crippen molar-refractivity contribution in [3.05, 3.63) is 97.0 Å². The molecule has 0 spiro atoms. The SMILES string of the molecule is NC1(c2ccc(-c3nc4ccc5nnc(-c6cnccn6)n5c4cc3-c3ccccc3)cc2)CCC1. The number of hydrogen-bond acceptors (Lipinski definition) is 6. The summed E-state index contributed by atoms with van der Waals surface area (Å²) in [6, 6.07) is 25.0. The molecule has 0 atom stereocenters. The Bertz CT molecular complexity index is 1700. The van der Waals surface area contributed by atoms with Crippen molar-refractivity contribution in [1.29, 1.82) is 0 Å².